The highest BCUT2D eigenvalue weighted by Crippen LogP contribution is 2.40. The monoisotopic (exact) mass is 661 g/mol. The molecule has 1 aliphatic heterocycles. The second kappa shape index (κ2) is 18.8. The number of ether oxygens (including phenoxy) is 1. The van der Waals surface area contributed by atoms with E-state index in [2.05, 4.69) is 81.1 Å². The van der Waals surface area contributed by atoms with Gasteiger partial charge in [0.25, 0.3) is 0 Å². The third-order valence-corrected chi connectivity index (χ3v) is 8.82. The lowest BCUT2D eigenvalue weighted by Crippen LogP contribution is -2.38. The van der Waals surface area contributed by atoms with Gasteiger partial charge in [0.1, 0.15) is 11.5 Å². The summed E-state index contributed by atoms with van der Waals surface area (Å²) in [5, 5.41) is 38.8. The summed E-state index contributed by atoms with van der Waals surface area (Å²) in [7, 11) is 0. The number of aromatic hydroxyl groups is 1. The second-order valence-electron chi connectivity index (χ2n) is 12.7. The first-order valence-electron chi connectivity index (χ1n) is 16.6. The van der Waals surface area contributed by atoms with Gasteiger partial charge >= 0.3 is 0 Å². The van der Waals surface area contributed by atoms with E-state index in [1.807, 2.05) is 42.5 Å². The van der Waals surface area contributed by atoms with Crippen LogP contribution in [-0.2, 0) is 12.8 Å². The van der Waals surface area contributed by atoms with E-state index in [1.54, 1.807) is 6.07 Å². The summed E-state index contributed by atoms with van der Waals surface area (Å²) in [6, 6.07) is 33.2. The van der Waals surface area contributed by atoms with Crippen LogP contribution in [0, 0.1) is 0 Å². The Hall–Kier alpha value is -3.39. The number of halogens is 1. The molecule has 0 spiro atoms. The van der Waals surface area contributed by atoms with Crippen molar-refractivity contribution in [3.8, 4) is 11.5 Å². The Labute approximate surface area is 287 Å². The number of aliphatic hydroxyl groups is 3. The first kappa shape index (κ1) is 38.1. The lowest BCUT2D eigenvalue weighted by atomic mass is 9.85. The topological polar surface area (TPSA) is 93.4 Å². The van der Waals surface area contributed by atoms with E-state index < -0.39 is 6.29 Å². The lowest BCUT2D eigenvalue weighted by Gasteiger charge is -2.32. The SMILES string of the molecule is CC(C)N(CCC(c1ccccc1)c1cc(CCO)ccc1O)C(C)C.Cl.OCCc1ccc2c(c1)C(c1ccccc1)CC(O)O2. The summed E-state index contributed by atoms with van der Waals surface area (Å²) >= 11 is 0. The molecule has 4 aromatic carbocycles. The van der Waals surface area contributed by atoms with Crippen LogP contribution in [0.5, 0.6) is 11.5 Å². The number of hydrogen-bond donors (Lipinski definition) is 4. The van der Waals surface area contributed by atoms with E-state index in [9.17, 15) is 15.3 Å². The summed E-state index contributed by atoms with van der Waals surface area (Å²) in [5.74, 6) is 1.34. The van der Waals surface area contributed by atoms with Gasteiger partial charge in [-0.15, -0.1) is 12.4 Å². The molecule has 3 unspecified atom stereocenters. The Morgan fingerprint density at radius 1 is 0.766 bits per heavy atom. The molecule has 0 aliphatic carbocycles. The standard InChI is InChI=1S/C23H33NO2.C17H18O3.ClH/c1-17(2)24(18(3)4)14-12-21(20-8-6-5-7-9-20)22-16-19(13-15-25)10-11-23(22)26;18-9-8-12-6-7-16-15(10-12)14(11-17(19)20-16)13-4-2-1-3-5-13;/h5-11,16-18,21,25-26H,12-15H2,1-4H3;1-7,10,14,17-19H,8-9,11H2;1H. The number of aliphatic hydroxyl groups excluding tert-OH is 3. The molecular formula is C40H52ClNO5. The average molecular weight is 662 g/mol. The maximum absolute atomic E-state index is 10.5. The van der Waals surface area contributed by atoms with Crippen LogP contribution in [0.25, 0.3) is 0 Å². The molecule has 0 amide bonds. The van der Waals surface area contributed by atoms with Crippen LogP contribution >= 0.6 is 12.4 Å². The predicted octanol–water partition coefficient (Wildman–Crippen LogP) is 7.44. The zero-order valence-corrected chi connectivity index (χ0v) is 28.9. The molecule has 5 rings (SSSR count). The average Bonchev–Trinajstić information content (AvgIpc) is 3.05. The number of nitrogens with zero attached hydrogens (tertiary/aromatic N) is 1. The van der Waals surface area contributed by atoms with Gasteiger partial charge in [0.05, 0.1) is 0 Å². The van der Waals surface area contributed by atoms with Crippen LogP contribution in [-0.4, -0.2) is 63.5 Å². The van der Waals surface area contributed by atoms with E-state index >= 15 is 0 Å². The Balaban J connectivity index is 0.000000257. The lowest BCUT2D eigenvalue weighted by molar-refractivity contribution is -0.0359. The highest BCUT2D eigenvalue weighted by atomic mass is 35.5. The van der Waals surface area contributed by atoms with Gasteiger partial charge in [0.2, 0.25) is 0 Å². The molecule has 0 aromatic heterocycles. The predicted molar refractivity (Wildman–Crippen MR) is 193 cm³/mol. The van der Waals surface area contributed by atoms with Crippen molar-refractivity contribution in [2.45, 2.75) is 83.6 Å². The molecule has 4 aromatic rings. The van der Waals surface area contributed by atoms with Crippen molar-refractivity contribution in [1.82, 2.24) is 4.90 Å². The second-order valence-corrected chi connectivity index (χ2v) is 12.7. The quantitative estimate of drug-likeness (QED) is 0.126. The molecule has 7 heteroatoms. The fourth-order valence-corrected chi connectivity index (χ4v) is 6.53. The van der Waals surface area contributed by atoms with Crippen LogP contribution in [0.4, 0.5) is 0 Å². The highest BCUT2D eigenvalue weighted by molar-refractivity contribution is 5.85. The zero-order valence-electron chi connectivity index (χ0n) is 28.1. The van der Waals surface area contributed by atoms with E-state index in [4.69, 9.17) is 9.84 Å². The van der Waals surface area contributed by atoms with Crippen LogP contribution in [0.3, 0.4) is 0 Å². The summed E-state index contributed by atoms with van der Waals surface area (Å²) in [6.07, 6.45) is 1.98. The fourth-order valence-electron chi connectivity index (χ4n) is 6.53. The maximum atomic E-state index is 10.5. The van der Waals surface area contributed by atoms with E-state index in [0.29, 0.717) is 37.1 Å². The van der Waals surface area contributed by atoms with E-state index in [0.717, 1.165) is 41.0 Å². The van der Waals surface area contributed by atoms with Crippen LogP contribution < -0.4 is 4.74 Å². The van der Waals surface area contributed by atoms with Crippen LogP contribution in [0.2, 0.25) is 0 Å². The number of hydrogen-bond acceptors (Lipinski definition) is 6. The van der Waals surface area contributed by atoms with Crippen LogP contribution in [0.1, 0.15) is 85.8 Å². The molecule has 47 heavy (non-hydrogen) atoms. The van der Waals surface area contributed by atoms with Gasteiger partial charge in [-0.05, 0) is 87.9 Å². The first-order chi connectivity index (χ1) is 22.2. The number of benzene rings is 4. The van der Waals surface area contributed by atoms with Crippen molar-refractivity contribution in [2.75, 3.05) is 19.8 Å². The van der Waals surface area contributed by atoms with Crippen molar-refractivity contribution >= 4 is 12.4 Å². The van der Waals surface area contributed by atoms with Crippen molar-refractivity contribution in [3.63, 3.8) is 0 Å². The normalized spacial score (nSPS) is 16.1. The first-order valence-corrected chi connectivity index (χ1v) is 16.6. The Bertz CT molecular complexity index is 1470. The molecule has 3 atom stereocenters. The molecule has 0 saturated carbocycles. The molecule has 0 saturated heterocycles. The Kier molecular flexibility index (Phi) is 15.2. The van der Waals surface area contributed by atoms with Gasteiger partial charge in [-0.25, -0.2) is 0 Å². The Morgan fingerprint density at radius 2 is 1.34 bits per heavy atom. The van der Waals surface area contributed by atoms with Gasteiger partial charge in [-0.2, -0.15) is 0 Å². The summed E-state index contributed by atoms with van der Waals surface area (Å²) in [5.41, 5.74) is 6.59. The zero-order chi connectivity index (χ0) is 33.1. The number of fused-ring (bicyclic) bond motifs is 1. The van der Waals surface area contributed by atoms with Gasteiger partial charge in [0, 0.05) is 54.7 Å². The number of rotatable bonds is 12. The maximum Gasteiger partial charge on any atom is 0.198 e. The molecule has 254 valence electrons. The Morgan fingerprint density at radius 3 is 1.94 bits per heavy atom. The van der Waals surface area contributed by atoms with E-state index in [-0.39, 0.29) is 37.5 Å². The largest absolute Gasteiger partial charge is 0.508 e. The van der Waals surface area contributed by atoms with Crippen LogP contribution in [0.15, 0.2) is 97.1 Å². The molecular weight excluding hydrogens is 610 g/mol. The molecule has 1 aliphatic rings. The molecule has 0 fully saturated rings. The summed E-state index contributed by atoms with van der Waals surface area (Å²) in [4.78, 5) is 2.49. The van der Waals surface area contributed by atoms with Gasteiger partial charge < -0.3 is 25.2 Å². The van der Waals surface area contributed by atoms with Gasteiger partial charge in [-0.1, -0.05) is 84.9 Å². The van der Waals surface area contributed by atoms with Crippen molar-refractivity contribution in [3.05, 3.63) is 130 Å². The smallest absolute Gasteiger partial charge is 0.198 e. The summed E-state index contributed by atoms with van der Waals surface area (Å²) < 4.78 is 5.51. The van der Waals surface area contributed by atoms with Gasteiger partial charge in [-0.3, -0.25) is 4.90 Å². The van der Waals surface area contributed by atoms with Gasteiger partial charge in [0.15, 0.2) is 6.29 Å². The van der Waals surface area contributed by atoms with Crippen molar-refractivity contribution < 1.29 is 25.2 Å². The minimum Gasteiger partial charge on any atom is -0.508 e. The van der Waals surface area contributed by atoms with Crippen molar-refractivity contribution in [1.29, 1.82) is 0 Å². The highest BCUT2D eigenvalue weighted by Gasteiger charge is 2.28. The minimum absolute atomic E-state index is 0. The molecule has 4 N–H and O–H groups in total. The fraction of sp³-hybridized carbons (Fsp3) is 0.400. The van der Waals surface area contributed by atoms with E-state index in [1.165, 1.54) is 11.1 Å². The molecule has 0 radical (unpaired) electrons. The number of phenolic OH excluding ortho intramolecular Hbond substituents is 1. The van der Waals surface area contributed by atoms with Crippen molar-refractivity contribution in [2.24, 2.45) is 0 Å². The molecule has 0 bridgehead atoms. The molecule has 1 heterocycles. The third kappa shape index (κ3) is 10.6. The number of phenols is 1. The minimum atomic E-state index is -0.767. The molecule has 6 nitrogen and oxygen atoms in total. The summed E-state index contributed by atoms with van der Waals surface area (Å²) in [6.45, 7) is 10.2. The third-order valence-electron chi connectivity index (χ3n) is 8.82.